The van der Waals surface area contributed by atoms with Crippen LogP contribution in [0.4, 0.5) is 0 Å². The Hall–Kier alpha value is -0.610. The number of hydrogen-bond acceptors (Lipinski definition) is 4. The number of unbranched alkanes of at least 4 members (excludes halogenated alkanes) is 1. The highest BCUT2D eigenvalue weighted by Gasteiger charge is 2.55. The number of rotatable bonds is 4. The predicted octanol–water partition coefficient (Wildman–Crippen LogP) is 1.73. The van der Waals surface area contributed by atoms with Gasteiger partial charge in [0.1, 0.15) is 6.10 Å². The van der Waals surface area contributed by atoms with Crippen LogP contribution in [0.25, 0.3) is 0 Å². The maximum atomic E-state index is 11.5. The molecule has 0 aromatic heterocycles. The van der Waals surface area contributed by atoms with E-state index < -0.39 is 0 Å². The normalized spacial score (nSPS) is 42.2. The number of carbonyl (C=O) groups is 1. The summed E-state index contributed by atoms with van der Waals surface area (Å²) < 4.78 is 16.5. The smallest absolute Gasteiger partial charge is 0.309 e. The van der Waals surface area contributed by atoms with Crippen LogP contribution < -0.4 is 0 Å². The summed E-state index contributed by atoms with van der Waals surface area (Å²) in [5.74, 6) is -0.150. The minimum absolute atomic E-state index is 0.0174. The van der Waals surface area contributed by atoms with E-state index in [1.165, 1.54) is 0 Å². The van der Waals surface area contributed by atoms with Gasteiger partial charge in [0.15, 0.2) is 6.29 Å². The van der Waals surface area contributed by atoms with E-state index >= 15 is 0 Å². The summed E-state index contributed by atoms with van der Waals surface area (Å²) >= 11 is 0. The third-order valence-corrected chi connectivity index (χ3v) is 3.64. The second-order valence-electron chi connectivity index (χ2n) is 4.69. The maximum Gasteiger partial charge on any atom is 0.309 e. The third kappa shape index (κ3) is 1.84. The van der Waals surface area contributed by atoms with E-state index in [1.54, 1.807) is 7.11 Å². The Morgan fingerprint density at radius 3 is 2.81 bits per heavy atom. The number of hydrogen-bond donors (Lipinski definition) is 0. The fourth-order valence-electron chi connectivity index (χ4n) is 2.67. The molecule has 0 unspecified atom stereocenters. The maximum absolute atomic E-state index is 11.5. The van der Waals surface area contributed by atoms with Gasteiger partial charge in [-0.2, -0.15) is 0 Å². The molecule has 0 bridgehead atoms. The topological polar surface area (TPSA) is 44.8 Å². The second-order valence-corrected chi connectivity index (χ2v) is 4.69. The van der Waals surface area contributed by atoms with Crippen molar-refractivity contribution in [1.29, 1.82) is 0 Å². The van der Waals surface area contributed by atoms with Crippen LogP contribution in [0.1, 0.15) is 33.1 Å². The van der Waals surface area contributed by atoms with Crippen molar-refractivity contribution in [2.45, 2.75) is 51.6 Å². The van der Waals surface area contributed by atoms with Gasteiger partial charge in [-0.3, -0.25) is 4.79 Å². The fourth-order valence-corrected chi connectivity index (χ4v) is 2.67. The summed E-state index contributed by atoms with van der Waals surface area (Å²) in [5.41, 5.74) is 0. The average Bonchev–Trinajstić information content (AvgIpc) is 2.76. The second kappa shape index (κ2) is 4.72. The molecule has 0 saturated carbocycles. The summed E-state index contributed by atoms with van der Waals surface area (Å²) in [6.45, 7) is 4.04. The molecule has 0 aromatic rings. The lowest BCUT2D eigenvalue weighted by Crippen LogP contribution is -2.27. The number of fused-ring (bicyclic) bond motifs is 1. The highest BCUT2D eigenvalue weighted by Crippen LogP contribution is 2.42. The van der Waals surface area contributed by atoms with Gasteiger partial charge in [0.2, 0.25) is 0 Å². The molecule has 0 aromatic carbocycles. The minimum Gasteiger partial charge on any atom is -0.459 e. The lowest BCUT2D eigenvalue weighted by molar-refractivity contribution is -0.162. The van der Waals surface area contributed by atoms with Crippen molar-refractivity contribution < 1.29 is 19.0 Å². The molecule has 0 amide bonds. The molecule has 4 heteroatoms. The zero-order valence-electron chi connectivity index (χ0n) is 10.1. The zero-order valence-corrected chi connectivity index (χ0v) is 10.1. The van der Waals surface area contributed by atoms with Gasteiger partial charge in [-0.1, -0.05) is 26.7 Å². The number of esters is 1. The van der Waals surface area contributed by atoms with Crippen molar-refractivity contribution in [3.05, 3.63) is 0 Å². The highest BCUT2D eigenvalue weighted by atomic mass is 16.7. The largest absolute Gasteiger partial charge is 0.459 e. The van der Waals surface area contributed by atoms with Gasteiger partial charge in [-0.25, -0.2) is 0 Å². The summed E-state index contributed by atoms with van der Waals surface area (Å²) in [6.07, 6.45) is 2.79. The molecule has 0 radical (unpaired) electrons. The quantitative estimate of drug-likeness (QED) is 0.687. The first kappa shape index (κ1) is 11.9. The monoisotopic (exact) mass is 228 g/mol. The summed E-state index contributed by atoms with van der Waals surface area (Å²) in [4.78, 5) is 11.5. The summed E-state index contributed by atoms with van der Waals surface area (Å²) in [7, 11) is 1.62. The lowest BCUT2D eigenvalue weighted by Gasteiger charge is -2.16. The molecule has 92 valence electrons. The van der Waals surface area contributed by atoms with E-state index in [0.29, 0.717) is 0 Å². The van der Waals surface area contributed by atoms with Gasteiger partial charge in [-0.15, -0.1) is 0 Å². The molecule has 2 heterocycles. The van der Waals surface area contributed by atoms with Gasteiger partial charge in [0.05, 0.1) is 17.9 Å². The Balaban J connectivity index is 2.06. The van der Waals surface area contributed by atoms with Gasteiger partial charge < -0.3 is 14.2 Å². The van der Waals surface area contributed by atoms with E-state index in [-0.39, 0.29) is 36.3 Å². The van der Waals surface area contributed by atoms with E-state index in [9.17, 15) is 4.79 Å². The average molecular weight is 228 g/mol. The van der Waals surface area contributed by atoms with Crippen LogP contribution in [-0.4, -0.2) is 31.6 Å². The Morgan fingerprint density at radius 2 is 2.19 bits per heavy atom. The summed E-state index contributed by atoms with van der Waals surface area (Å²) in [6, 6.07) is 0. The molecular weight excluding hydrogens is 208 g/mol. The molecule has 5 atom stereocenters. The van der Waals surface area contributed by atoms with Crippen molar-refractivity contribution in [3.63, 3.8) is 0 Å². The minimum atomic E-state index is -0.284. The number of methoxy groups -OCH3 is 1. The van der Waals surface area contributed by atoms with Crippen LogP contribution >= 0.6 is 0 Å². The van der Waals surface area contributed by atoms with Gasteiger partial charge in [-0.05, 0) is 6.42 Å². The zero-order chi connectivity index (χ0) is 11.7. The molecule has 0 aliphatic carbocycles. The SMILES string of the molecule is CCCC[C@H]1O[C@@H](OC)[C@@H]2[C@H]1OC(=O)[C@H]2C. The van der Waals surface area contributed by atoms with Crippen molar-refractivity contribution in [2.75, 3.05) is 7.11 Å². The van der Waals surface area contributed by atoms with Crippen LogP contribution in [0.3, 0.4) is 0 Å². The Kier molecular flexibility index (Phi) is 3.50. The predicted molar refractivity (Wildman–Crippen MR) is 57.7 cm³/mol. The van der Waals surface area contributed by atoms with Crippen molar-refractivity contribution in [1.82, 2.24) is 0 Å². The van der Waals surface area contributed by atoms with Crippen LogP contribution in [0.2, 0.25) is 0 Å². The van der Waals surface area contributed by atoms with Crippen LogP contribution in [0.5, 0.6) is 0 Å². The molecule has 2 aliphatic rings. The third-order valence-electron chi connectivity index (χ3n) is 3.64. The van der Waals surface area contributed by atoms with Gasteiger partial charge >= 0.3 is 5.97 Å². The first-order valence-corrected chi connectivity index (χ1v) is 6.07. The fraction of sp³-hybridized carbons (Fsp3) is 0.917. The molecule has 2 saturated heterocycles. The van der Waals surface area contributed by atoms with Gasteiger partial charge in [0.25, 0.3) is 0 Å². The molecule has 2 fully saturated rings. The van der Waals surface area contributed by atoms with Crippen LogP contribution in [-0.2, 0) is 19.0 Å². The molecule has 16 heavy (non-hydrogen) atoms. The van der Waals surface area contributed by atoms with Crippen molar-refractivity contribution in [2.24, 2.45) is 11.8 Å². The molecular formula is C12H20O4. The van der Waals surface area contributed by atoms with E-state index in [2.05, 4.69) is 6.92 Å². The molecule has 2 aliphatic heterocycles. The van der Waals surface area contributed by atoms with E-state index in [4.69, 9.17) is 14.2 Å². The standard InChI is InChI=1S/C12H20O4/c1-4-5-6-8-10-9(12(14-3)15-8)7(2)11(13)16-10/h7-10,12H,4-6H2,1-3H3/t7-,8+,9-,10-,12+/m0/s1. The molecule has 0 N–H and O–H groups in total. The molecule has 4 nitrogen and oxygen atoms in total. The Morgan fingerprint density at radius 1 is 1.44 bits per heavy atom. The lowest BCUT2D eigenvalue weighted by atomic mass is 9.90. The van der Waals surface area contributed by atoms with E-state index in [1.807, 2.05) is 6.92 Å². The molecule has 2 rings (SSSR count). The van der Waals surface area contributed by atoms with Crippen LogP contribution in [0.15, 0.2) is 0 Å². The first-order chi connectivity index (χ1) is 7.69. The summed E-state index contributed by atoms with van der Waals surface area (Å²) in [5, 5.41) is 0. The van der Waals surface area contributed by atoms with Crippen molar-refractivity contribution in [3.8, 4) is 0 Å². The molecule has 0 spiro atoms. The number of carbonyl (C=O) groups excluding carboxylic acids is 1. The van der Waals surface area contributed by atoms with Gasteiger partial charge in [0, 0.05) is 7.11 Å². The Labute approximate surface area is 96.2 Å². The van der Waals surface area contributed by atoms with Crippen LogP contribution in [0, 0.1) is 11.8 Å². The Bertz CT molecular complexity index is 266. The van der Waals surface area contributed by atoms with E-state index in [0.717, 1.165) is 19.3 Å². The first-order valence-electron chi connectivity index (χ1n) is 6.07. The highest BCUT2D eigenvalue weighted by molar-refractivity contribution is 5.75. The van der Waals surface area contributed by atoms with Crippen molar-refractivity contribution >= 4 is 5.97 Å². The number of ether oxygens (including phenoxy) is 3.